The van der Waals surface area contributed by atoms with Gasteiger partial charge in [0.1, 0.15) is 0 Å². The molecule has 168 valence electrons. The molecule has 5 heteroatoms. The van der Waals surface area contributed by atoms with Crippen LogP contribution in [0.1, 0.15) is 76.7 Å². The number of amides is 1. The van der Waals surface area contributed by atoms with Gasteiger partial charge < -0.3 is 19.1 Å². The van der Waals surface area contributed by atoms with E-state index in [9.17, 15) is 4.79 Å². The van der Waals surface area contributed by atoms with Crippen LogP contribution < -0.4 is 14.2 Å². The number of carbonyl (C=O) groups excluding carboxylic acids is 1. The third kappa shape index (κ3) is 4.70. The van der Waals surface area contributed by atoms with E-state index in [-0.39, 0.29) is 11.8 Å². The third-order valence-corrected chi connectivity index (χ3v) is 7.04. The highest BCUT2D eigenvalue weighted by Crippen LogP contribution is 2.45. The Hall–Kier alpha value is -1.91. The zero-order valence-electron chi connectivity index (χ0n) is 19.4. The van der Waals surface area contributed by atoms with Crippen molar-refractivity contribution in [3.05, 3.63) is 17.7 Å². The number of benzene rings is 1. The van der Waals surface area contributed by atoms with E-state index < -0.39 is 0 Å². The van der Waals surface area contributed by atoms with Gasteiger partial charge >= 0.3 is 0 Å². The number of likely N-dealkylation sites (tertiary alicyclic amines) is 1. The Bertz CT molecular complexity index is 686. The largest absolute Gasteiger partial charge is 0.493 e. The number of methoxy groups -OCH3 is 3. The highest BCUT2D eigenvalue weighted by molar-refractivity contribution is 5.85. The molecule has 2 unspecified atom stereocenters. The van der Waals surface area contributed by atoms with E-state index >= 15 is 0 Å². The lowest BCUT2D eigenvalue weighted by molar-refractivity contribution is -0.139. The van der Waals surface area contributed by atoms with Gasteiger partial charge in [-0.3, -0.25) is 4.79 Å². The van der Waals surface area contributed by atoms with Crippen molar-refractivity contribution in [2.75, 3.05) is 27.9 Å². The zero-order chi connectivity index (χ0) is 21.7. The summed E-state index contributed by atoms with van der Waals surface area (Å²) >= 11 is 0. The highest BCUT2D eigenvalue weighted by Gasteiger charge is 2.38. The van der Waals surface area contributed by atoms with Crippen LogP contribution >= 0.6 is 0 Å². The van der Waals surface area contributed by atoms with Crippen LogP contribution in [0, 0.1) is 11.8 Å². The van der Waals surface area contributed by atoms with Crippen molar-refractivity contribution in [1.29, 1.82) is 0 Å². The first-order valence-corrected chi connectivity index (χ1v) is 11.6. The smallest absolute Gasteiger partial charge is 0.230 e. The summed E-state index contributed by atoms with van der Waals surface area (Å²) in [4.78, 5) is 16.3. The fourth-order valence-corrected chi connectivity index (χ4v) is 5.47. The molecule has 5 nitrogen and oxygen atoms in total. The van der Waals surface area contributed by atoms with E-state index in [1.54, 1.807) is 21.3 Å². The molecule has 3 rings (SSSR count). The molecule has 2 fully saturated rings. The lowest BCUT2D eigenvalue weighted by atomic mass is 9.75. The van der Waals surface area contributed by atoms with E-state index in [1.165, 1.54) is 25.7 Å². The molecule has 2 atom stereocenters. The molecule has 0 radical (unpaired) electrons. The lowest BCUT2D eigenvalue weighted by Crippen LogP contribution is -2.49. The predicted molar refractivity (Wildman–Crippen MR) is 120 cm³/mol. The molecule has 1 aliphatic heterocycles. The molecule has 0 N–H and O–H groups in total. The summed E-state index contributed by atoms with van der Waals surface area (Å²) in [6, 6.07) is 4.32. The quantitative estimate of drug-likeness (QED) is 0.595. The lowest BCUT2D eigenvalue weighted by Gasteiger charge is -2.42. The average molecular weight is 418 g/mol. The Morgan fingerprint density at radius 1 is 0.900 bits per heavy atom. The summed E-state index contributed by atoms with van der Waals surface area (Å²) in [7, 11) is 4.89. The first-order chi connectivity index (χ1) is 14.5. The molecule has 1 saturated carbocycles. The average Bonchev–Trinajstić information content (AvgIpc) is 2.79. The number of rotatable bonds is 7. The van der Waals surface area contributed by atoms with Crippen molar-refractivity contribution in [3.63, 3.8) is 0 Å². The summed E-state index contributed by atoms with van der Waals surface area (Å²) in [6.07, 6.45) is 9.30. The minimum atomic E-state index is -0.154. The topological polar surface area (TPSA) is 48.0 Å². The molecule has 2 aliphatic rings. The van der Waals surface area contributed by atoms with Gasteiger partial charge in [-0.1, -0.05) is 33.1 Å². The van der Waals surface area contributed by atoms with Gasteiger partial charge in [0.05, 0.1) is 27.2 Å². The Balaban J connectivity index is 2.04. The minimum Gasteiger partial charge on any atom is -0.493 e. The maximum Gasteiger partial charge on any atom is 0.230 e. The second-order valence-corrected chi connectivity index (χ2v) is 9.17. The van der Waals surface area contributed by atoms with Crippen molar-refractivity contribution in [3.8, 4) is 17.2 Å². The first kappa shape index (κ1) is 22.8. The maximum absolute atomic E-state index is 14.1. The van der Waals surface area contributed by atoms with Crippen LogP contribution in [0.15, 0.2) is 12.1 Å². The molecule has 1 aliphatic carbocycles. The highest BCUT2D eigenvalue weighted by atomic mass is 16.5. The van der Waals surface area contributed by atoms with Crippen LogP contribution in [0.3, 0.4) is 0 Å². The molecule has 1 amide bonds. The van der Waals surface area contributed by atoms with Crippen LogP contribution in [0.4, 0.5) is 0 Å². The van der Waals surface area contributed by atoms with E-state index in [2.05, 4.69) is 18.7 Å². The number of hydrogen-bond acceptors (Lipinski definition) is 4. The van der Waals surface area contributed by atoms with E-state index in [1.807, 2.05) is 12.1 Å². The van der Waals surface area contributed by atoms with Crippen molar-refractivity contribution in [2.24, 2.45) is 11.8 Å². The molecule has 0 bridgehead atoms. The van der Waals surface area contributed by atoms with Crippen molar-refractivity contribution < 1.29 is 19.0 Å². The van der Waals surface area contributed by atoms with E-state index in [4.69, 9.17) is 14.2 Å². The second kappa shape index (κ2) is 10.4. The Labute approximate surface area is 182 Å². The Morgan fingerprint density at radius 3 is 2.03 bits per heavy atom. The number of carbonyl (C=O) groups is 1. The molecule has 1 heterocycles. The standard InChI is InChI=1S/C25H39NO4/c1-17(2)20-13-9-10-14-26(20)25(27)23(18-11-7-6-8-12-18)19-15-21(28-3)24(30-5)22(16-19)29-4/h15-18,20,23H,6-14H2,1-5H3. The first-order valence-electron chi connectivity index (χ1n) is 11.6. The summed E-state index contributed by atoms with van der Waals surface area (Å²) < 4.78 is 16.7. The van der Waals surface area contributed by atoms with E-state index in [0.29, 0.717) is 35.1 Å². The second-order valence-electron chi connectivity index (χ2n) is 9.17. The van der Waals surface area contributed by atoms with Crippen LogP contribution in [0.2, 0.25) is 0 Å². The van der Waals surface area contributed by atoms with Crippen molar-refractivity contribution in [1.82, 2.24) is 4.90 Å². The molecule has 1 aromatic rings. The normalized spacial score (nSPS) is 21.4. The van der Waals surface area contributed by atoms with Gasteiger partial charge in [-0.05, 0) is 61.6 Å². The van der Waals surface area contributed by atoms with Crippen LogP contribution in [-0.2, 0) is 4.79 Å². The van der Waals surface area contributed by atoms with Crippen LogP contribution in [-0.4, -0.2) is 44.7 Å². The molecular weight excluding hydrogens is 378 g/mol. The van der Waals surface area contributed by atoms with Crippen molar-refractivity contribution >= 4 is 5.91 Å². The zero-order valence-corrected chi connectivity index (χ0v) is 19.4. The van der Waals surface area contributed by atoms with Gasteiger partial charge in [0.15, 0.2) is 11.5 Å². The molecule has 0 aromatic heterocycles. The summed E-state index contributed by atoms with van der Waals surface area (Å²) in [6.45, 7) is 5.35. The van der Waals surface area contributed by atoms with Gasteiger partial charge in [0.25, 0.3) is 0 Å². The SMILES string of the molecule is COc1cc(C(C(=O)N2CCCCC2C(C)C)C2CCCCC2)cc(OC)c1OC. The fraction of sp³-hybridized carbons (Fsp3) is 0.720. The van der Waals surface area contributed by atoms with E-state index in [0.717, 1.165) is 37.8 Å². The minimum absolute atomic E-state index is 0.154. The predicted octanol–water partition coefficient (Wildman–Crippen LogP) is 5.41. The number of hydrogen-bond donors (Lipinski definition) is 0. The van der Waals surface area contributed by atoms with Gasteiger partial charge in [-0.2, -0.15) is 0 Å². The summed E-state index contributed by atoms with van der Waals surface area (Å²) in [5.41, 5.74) is 0.995. The number of piperidine rings is 1. The van der Waals surface area contributed by atoms with Crippen LogP contribution in [0.5, 0.6) is 17.2 Å². The molecule has 30 heavy (non-hydrogen) atoms. The monoisotopic (exact) mass is 417 g/mol. The Kier molecular flexibility index (Phi) is 7.90. The van der Waals surface area contributed by atoms with Gasteiger partial charge in [0.2, 0.25) is 11.7 Å². The van der Waals surface area contributed by atoms with Gasteiger partial charge in [-0.25, -0.2) is 0 Å². The third-order valence-electron chi connectivity index (χ3n) is 7.04. The number of ether oxygens (including phenoxy) is 3. The van der Waals surface area contributed by atoms with Gasteiger partial charge in [-0.15, -0.1) is 0 Å². The molecular formula is C25H39NO4. The summed E-state index contributed by atoms with van der Waals surface area (Å²) in [5, 5.41) is 0. The maximum atomic E-state index is 14.1. The van der Waals surface area contributed by atoms with Crippen molar-refractivity contribution in [2.45, 2.75) is 77.2 Å². The van der Waals surface area contributed by atoms with Gasteiger partial charge in [0, 0.05) is 12.6 Å². The summed E-state index contributed by atoms with van der Waals surface area (Å²) in [5.74, 6) is 2.80. The molecule has 0 spiro atoms. The van der Waals surface area contributed by atoms with Crippen LogP contribution in [0.25, 0.3) is 0 Å². The molecule has 1 aromatic carbocycles. The fourth-order valence-electron chi connectivity index (χ4n) is 5.47. The Morgan fingerprint density at radius 2 is 1.50 bits per heavy atom. The molecule has 1 saturated heterocycles. The number of nitrogens with zero attached hydrogens (tertiary/aromatic N) is 1.